The van der Waals surface area contributed by atoms with Gasteiger partial charge in [0.15, 0.2) is 10.8 Å². The standard InChI is InChI=1S/C17H22N6S2/c1-4-10-24-15-13-12-18-16(23-8-6-22(3)7-9-23)19-14(13)20-17(21-15)25-11-5-2/h4-5,12H,1-2,6-11H2,3H3. The molecule has 2 aromatic heterocycles. The summed E-state index contributed by atoms with van der Waals surface area (Å²) >= 11 is 3.20. The van der Waals surface area contributed by atoms with E-state index >= 15 is 0 Å². The lowest BCUT2D eigenvalue weighted by atomic mass is 10.3. The molecule has 0 bridgehead atoms. The van der Waals surface area contributed by atoms with Crippen LogP contribution in [-0.2, 0) is 0 Å². The summed E-state index contributed by atoms with van der Waals surface area (Å²) < 4.78 is 0. The van der Waals surface area contributed by atoms with E-state index in [0.717, 1.165) is 59.2 Å². The Morgan fingerprint density at radius 1 is 1.04 bits per heavy atom. The molecule has 0 atom stereocenters. The Labute approximate surface area is 156 Å². The molecule has 1 saturated heterocycles. The van der Waals surface area contributed by atoms with Gasteiger partial charge in [0.1, 0.15) is 5.03 Å². The number of rotatable bonds is 7. The van der Waals surface area contributed by atoms with Gasteiger partial charge in [-0.1, -0.05) is 23.9 Å². The minimum atomic E-state index is 0.706. The lowest BCUT2D eigenvalue weighted by Crippen LogP contribution is -2.45. The summed E-state index contributed by atoms with van der Waals surface area (Å²) in [7, 11) is 2.14. The Balaban J connectivity index is 1.95. The topological polar surface area (TPSA) is 58.0 Å². The zero-order valence-electron chi connectivity index (χ0n) is 14.4. The Morgan fingerprint density at radius 2 is 1.76 bits per heavy atom. The number of nitrogens with zero attached hydrogens (tertiary/aromatic N) is 6. The number of hydrogen-bond acceptors (Lipinski definition) is 8. The van der Waals surface area contributed by atoms with Gasteiger partial charge in [-0.05, 0) is 7.05 Å². The van der Waals surface area contributed by atoms with Crippen molar-refractivity contribution in [3.63, 3.8) is 0 Å². The van der Waals surface area contributed by atoms with E-state index in [2.05, 4.69) is 45.0 Å². The summed E-state index contributed by atoms with van der Waals surface area (Å²) in [6.07, 6.45) is 5.57. The maximum absolute atomic E-state index is 4.73. The molecule has 25 heavy (non-hydrogen) atoms. The largest absolute Gasteiger partial charge is 0.338 e. The fraction of sp³-hybridized carbons (Fsp3) is 0.412. The second-order valence-corrected chi connectivity index (χ2v) is 7.70. The molecule has 132 valence electrons. The van der Waals surface area contributed by atoms with E-state index in [1.54, 1.807) is 23.5 Å². The van der Waals surface area contributed by atoms with Crippen LogP contribution in [0.1, 0.15) is 0 Å². The first-order valence-electron chi connectivity index (χ1n) is 8.17. The first-order chi connectivity index (χ1) is 12.2. The SMILES string of the molecule is C=CCSc1nc(SCC=C)c2cnc(N3CCN(C)CC3)nc2n1. The maximum Gasteiger partial charge on any atom is 0.227 e. The van der Waals surface area contributed by atoms with Crippen molar-refractivity contribution in [1.82, 2.24) is 24.8 Å². The van der Waals surface area contributed by atoms with Crippen LogP contribution in [0.5, 0.6) is 0 Å². The molecule has 0 spiro atoms. The lowest BCUT2D eigenvalue weighted by molar-refractivity contribution is 0.311. The predicted octanol–water partition coefficient (Wildman–Crippen LogP) is 2.73. The first-order valence-corrected chi connectivity index (χ1v) is 10.1. The smallest absolute Gasteiger partial charge is 0.227 e. The Morgan fingerprint density at radius 3 is 2.48 bits per heavy atom. The highest BCUT2D eigenvalue weighted by Crippen LogP contribution is 2.28. The second-order valence-electron chi connectivity index (χ2n) is 5.71. The molecule has 0 saturated carbocycles. The number of aromatic nitrogens is 4. The fourth-order valence-corrected chi connectivity index (χ4v) is 3.83. The molecule has 0 aromatic carbocycles. The average Bonchev–Trinajstić information content (AvgIpc) is 2.64. The lowest BCUT2D eigenvalue weighted by Gasteiger charge is -2.32. The average molecular weight is 375 g/mol. The molecular formula is C17H22N6S2. The molecule has 1 aliphatic rings. The fourth-order valence-electron chi connectivity index (χ4n) is 2.47. The van der Waals surface area contributed by atoms with Crippen LogP contribution in [0.2, 0.25) is 0 Å². The van der Waals surface area contributed by atoms with Gasteiger partial charge in [-0.2, -0.15) is 4.98 Å². The van der Waals surface area contributed by atoms with Gasteiger partial charge in [-0.3, -0.25) is 0 Å². The van der Waals surface area contributed by atoms with Crippen LogP contribution in [0.15, 0.2) is 41.7 Å². The summed E-state index contributed by atoms with van der Waals surface area (Å²) in [4.78, 5) is 23.1. The third kappa shape index (κ3) is 4.50. The van der Waals surface area contributed by atoms with Crippen molar-refractivity contribution in [1.29, 1.82) is 0 Å². The summed E-state index contributed by atoms with van der Waals surface area (Å²) in [5.41, 5.74) is 0.706. The van der Waals surface area contributed by atoms with Crippen molar-refractivity contribution in [3.05, 3.63) is 31.5 Å². The van der Waals surface area contributed by atoms with Gasteiger partial charge < -0.3 is 9.80 Å². The summed E-state index contributed by atoms with van der Waals surface area (Å²) in [6.45, 7) is 11.5. The molecule has 0 unspecified atom stereocenters. The zero-order valence-corrected chi connectivity index (χ0v) is 16.0. The van der Waals surface area contributed by atoms with Gasteiger partial charge in [0.05, 0.1) is 5.39 Å². The molecule has 3 rings (SSSR count). The molecule has 1 fully saturated rings. The molecule has 0 radical (unpaired) electrons. The van der Waals surface area contributed by atoms with Gasteiger partial charge in [0.25, 0.3) is 0 Å². The third-order valence-corrected chi connectivity index (χ3v) is 5.67. The van der Waals surface area contributed by atoms with Crippen LogP contribution in [-0.4, -0.2) is 69.6 Å². The highest BCUT2D eigenvalue weighted by atomic mass is 32.2. The molecule has 6 nitrogen and oxygen atoms in total. The van der Waals surface area contributed by atoms with Crippen LogP contribution in [0, 0.1) is 0 Å². The van der Waals surface area contributed by atoms with Gasteiger partial charge in [-0.15, -0.1) is 24.9 Å². The van der Waals surface area contributed by atoms with Gasteiger partial charge in [0.2, 0.25) is 5.95 Å². The van der Waals surface area contributed by atoms with Crippen molar-refractivity contribution in [3.8, 4) is 0 Å². The molecule has 0 amide bonds. The Hall–Kier alpha value is -1.64. The molecular weight excluding hydrogens is 352 g/mol. The van der Waals surface area contributed by atoms with E-state index in [9.17, 15) is 0 Å². The highest BCUT2D eigenvalue weighted by molar-refractivity contribution is 8.00. The molecule has 0 aliphatic carbocycles. The van der Waals surface area contributed by atoms with Gasteiger partial charge in [0, 0.05) is 43.9 Å². The Bertz CT molecular complexity index is 758. The van der Waals surface area contributed by atoms with Crippen LogP contribution in [0.3, 0.4) is 0 Å². The number of likely N-dealkylation sites (N-methyl/N-ethyl adjacent to an activating group) is 1. The molecule has 8 heteroatoms. The Kier molecular flexibility index (Phi) is 6.28. The van der Waals surface area contributed by atoms with Crippen LogP contribution < -0.4 is 4.90 Å². The molecule has 2 aromatic rings. The summed E-state index contributed by atoms with van der Waals surface area (Å²) in [5, 5.41) is 2.52. The number of anilines is 1. The van der Waals surface area contributed by atoms with Crippen molar-refractivity contribution in [2.75, 3.05) is 49.6 Å². The number of fused-ring (bicyclic) bond motifs is 1. The summed E-state index contributed by atoms with van der Waals surface area (Å²) in [5.74, 6) is 2.31. The van der Waals surface area contributed by atoms with E-state index in [4.69, 9.17) is 4.98 Å². The third-order valence-electron chi connectivity index (χ3n) is 3.84. The van der Waals surface area contributed by atoms with Crippen molar-refractivity contribution in [2.24, 2.45) is 0 Å². The highest BCUT2D eigenvalue weighted by Gasteiger charge is 2.18. The predicted molar refractivity (Wildman–Crippen MR) is 107 cm³/mol. The second kappa shape index (κ2) is 8.64. The van der Waals surface area contributed by atoms with Crippen LogP contribution >= 0.6 is 23.5 Å². The minimum absolute atomic E-state index is 0.706. The van der Waals surface area contributed by atoms with E-state index in [-0.39, 0.29) is 0 Å². The molecule has 1 aliphatic heterocycles. The van der Waals surface area contributed by atoms with Gasteiger partial charge in [-0.25, -0.2) is 15.0 Å². The normalized spacial score (nSPS) is 15.5. The number of thioether (sulfide) groups is 2. The van der Waals surface area contributed by atoms with E-state index < -0.39 is 0 Å². The summed E-state index contributed by atoms with van der Waals surface area (Å²) in [6, 6.07) is 0. The van der Waals surface area contributed by atoms with E-state index in [1.165, 1.54) is 0 Å². The molecule has 0 N–H and O–H groups in total. The first kappa shape index (κ1) is 18.2. The minimum Gasteiger partial charge on any atom is -0.338 e. The van der Waals surface area contributed by atoms with E-state index in [0.29, 0.717) is 5.65 Å². The maximum atomic E-state index is 4.73. The number of piperazine rings is 1. The van der Waals surface area contributed by atoms with E-state index in [1.807, 2.05) is 18.3 Å². The quantitative estimate of drug-likeness (QED) is 0.317. The zero-order chi connectivity index (χ0) is 17.6. The molecule has 3 heterocycles. The monoisotopic (exact) mass is 374 g/mol. The van der Waals surface area contributed by atoms with Crippen molar-refractivity contribution in [2.45, 2.75) is 10.2 Å². The van der Waals surface area contributed by atoms with Gasteiger partial charge >= 0.3 is 0 Å². The van der Waals surface area contributed by atoms with Crippen LogP contribution in [0.25, 0.3) is 11.0 Å². The van der Waals surface area contributed by atoms with Crippen molar-refractivity contribution >= 4 is 40.5 Å². The van der Waals surface area contributed by atoms with Crippen molar-refractivity contribution < 1.29 is 0 Å². The number of hydrogen-bond donors (Lipinski definition) is 0. The van der Waals surface area contributed by atoms with Crippen LogP contribution in [0.4, 0.5) is 5.95 Å².